The first kappa shape index (κ1) is 13.1. The molecule has 0 radical (unpaired) electrons. The van der Waals surface area contributed by atoms with E-state index in [-0.39, 0.29) is 0 Å². The normalized spacial score (nSPS) is 16.7. The number of nitrogen functional groups attached to an aromatic ring is 1. The minimum atomic E-state index is 0.598. The van der Waals surface area contributed by atoms with Gasteiger partial charge in [-0.3, -0.25) is 0 Å². The van der Waals surface area contributed by atoms with Crippen molar-refractivity contribution in [1.29, 1.82) is 0 Å². The van der Waals surface area contributed by atoms with Crippen LogP contribution in [0, 0.1) is 5.92 Å². The lowest BCUT2D eigenvalue weighted by molar-refractivity contribution is 0.0699. The summed E-state index contributed by atoms with van der Waals surface area (Å²) in [5.74, 6) is 2.17. The highest BCUT2D eigenvalue weighted by Gasteiger charge is 2.15. The van der Waals surface area contributed by atoms with E-state index in [1.165, 1.54) is 6.33 Å². The van der Waals surface area contributed by atoms with Crippen LogP contribution < -0.4 is 11.1 Å². The lowest BCUT2D eigenvalue weighted by atomic mass is 10.0. The van der Waals surface area contributed by atoms with E-state index in [1.807, 2.05) is 0 Å². The molecule has 0 aliphatic carbocycles. The van der Waals surface area contributed by atoms with E-state index in [2.05, 4.69) is 22.2 Å². The molecule has 0 spiro atoms. The van der Waals surface area contributed by atoms with Crippen molar-refractivity contribution in [3.8, 4) is 0 Å². The molecule has 1 aromatic rings. The molecule has 18 heavy (non-hydrogen) atoms. The van der Waals surface area contributed by atoms with Crippen LogP contribution in [0.5, 0.6) is 0 Å². The number of nitrogens with one attached hydrogen (secondary N) is 1. The van der Waals surface area contributed by atoms with Gasteiger partial charge in [0.1, 0.15) is 18.0 Å². The summed E-state index contributed by atoms with van der Waals surface area (Å²) in [4.78, 5) is 8.37. The summed E-state index contributed by atoms with van der Waals surface area (Å²) in [5.41, 5.74) is 6.95. The fraction of sp³-hybridized carbons (Fsp3) is 0.692. The second-order valence-corrected chi connectivity index (χ2v) is 4.77. The molecule has 0 unspecified atom stereocenters. The van der Waals surface area contributed by atoms with Crippen LogP contribution in [0.25, 0.3) is 0 Å². The molecule has 1 aromatic heterocycles. The van der Waals surface area contributed by atoms with Gasteiger partial charge in [0, 0.05) is 25.3 Å². The molecule has 1 aliphatic heterocycles. The molecule has 1 aliphatic rings. The van der Waals surface area contributed by atoms with Crippen molar-refractivity contribution in [2.24, 2.45) is 5.92 Å². The van der Waals surface area contributed by atoms with Gasteiger partial charge in [0.05, 0.1) is 0 Å². The fourth-order valence-electron chi connectivity index (χ4n) is 2.27. The van der Waals surface area contributed by atoms with E-state index in [9.17, 15) is 0 Å². The number of nitrogens with zero attached hydrogens (tertiary/aromatic N) is 2. The summed E-state index contributed by atoms with van der Waals surface area (Å²) in [5, 5.41) is 3.42. The van der Waals surface area contributed by atoms with Gasteiger partial charge in [0.2, 0.25) is 0 Å². The first-order valence-corrected chi connectivity index (χ1v) is 6.72. The largest absolute Gasteiger partial charge is 0.383 e. The summed E-state index contributed by atoms with van der Waals surface area (Å²) in [7, 11) is 0. The Kier molecular flexibility index (Phi) is 4.75. The van der Waals surface area contributed by atoms with Crippen LogP contribution in [0.1, 0.15) is 31.7 Å². The van der Waals surface area contributed by atoms with Crippen molar-refractivity contribution in [3.63, 3.8) is 0 Å². The van der Waals surface area contributed by atoms with Crippen molar-refractivity contribution in [2.75, 3.05) is 30.8 Å². The molecule has 1 saturated heterocycles. The van der Waals surface area contributed by atoms with Gasteiger partial charge in [-0.1, -0.05) is 13.3 Å². The standard InChI is InChI=1S/C13H22N4O/c1-2-3-11-12(14)16-9-17-13(11)15-8-10-4-6-18-7-5-10/h9-10H,2-8H2,1H3,(H3,14,15,16,17). The van der Waals surface area contributed by atoms with Gasteiger partial charge in [-0.15, -0.1) is 0 Å². The van der Waals surface area contributed by atoms with Crippen LogP contribution in [0.3, 0.4) is 0 Å². The predicted molar refractivity (Wildman–Crippen MR) is 72.5 cm³/mol. The minimum Gasteiger partial charge on any atom is -0.383 e. The SMILES string of the molecule is CCCc1c(N)ncnc1NCC1CCOCC1. The topological polar surface area (TPSA) is 73.1 Å². The molecule has 1 fully saturated rings. The van der Waals surface area contributed by atoms with Crippen LogP contribution >= 0.6 is 0 Å². The lowest BCUT2D eigenvalue weighted by Gasteiger charge is -2.23. The van der Waals surface area contributed by atoms with Crippen molar-refractivity contribution in [2.45, 2.75) is 32.6 Å². The van der Waals surface area contributed by atoms with Crippen LogP contribution in [0.4, 0.5) is 11.6 Å². The lowest BCUT2D eigenvalue weighted by Crippen LogP contribution is -2.23. The van der Waals surface area contributed by atoms with Crippen LogP contribution in [-0.2, 0) is 11.2 Å². The Balaban J connectivity index is 1.97. The van der Waals surface area contributed by atoms with Crippen molar-refractivity contribution in [1.82, 2.24) is 9.97 Å². The highest BCUT2D eigenvalue weighted by atomic mass is 16.5. The molecular formula is C13H22N4O. The van der Waals surface area contributed by atoms with E-state index >= 15 is 0 Å². The molecule has 0 atom stereocenters. The Morgan fingerprint density at radius 3 is 2.89 bits per heavy atom. The minimum absolute atomic E-state index is 0.598. The molecule has 2 heterocycles. The third-order valence-electron chi connectivity index (χ3n) is 3.38. The second kappa shape index (κ2) is 6.54. The Hall–Kier alpha value is -1.36. The number of ether oxygens (including phenoxy) is 1. The van der Waals surface area contributed by atoms with Gasteiger partial charge in [-0.2, -0.15) is 0 Å². The molecule has 3 N–H and O–H groups in total. The maximum Gasteiger partial charge on any atom is 0.134 e. The molecule has 0 saturated carbocycles. The first-order valence-electron chi connectivity index (χ1n) is 6.72. The highest BCUT2D eigenvalue weighted by molar-refractivity contribution is 5.54. The zero-order valence-electron chi connectivity index (χ0n) is 11.0. The Labute approximate surface area is 108 Å². The number of hydrogen-bond acceptors (Lipinski definition) is 5. The van der Waals surface area contributed by atoms with Gasteiger partial charge in [0.15, 0.2) is 0 Å². The third-order valence-corrected chi connectivity index (χ3v) is 3.38. The highest BCUT2D eigenvalue weighted by Crippen LogP contribution is 2.21. The summed E-state index contributed by atoms with van der Waals surface area (Å²) >= 11 is 0. The van der Waals surface area contributed by atoms with Gasteiger partial charge in [0.25, 0.3) is 0 Å². The maximum absolute atomic E-state index is 5.91. The zero-order valence-corrected chi connectivity index (χ0v) is 11.0. The molecule has 5 nitrogen and oxygen atoms in total. The molecule has 0 bridgehead atoms. The monoisotopic (exact) mass is 250 g/mol. The smallest absolute Gasteiger partial charge is 0.134 e. The van der Waals surface area contributed by atoms with Gasteiger partial charge >= 0.3 is 0 Å². The number of hydrogen-bond donors (Lipinski definition) is 2. The molecule has 0 amide bonds. The van der Waals surface area contributed by atoms with E-state index in [4.69, 9.17) is 10.5 Å². The number of rotatable bonds is 5. The maximum atomic E-state index is 5.91. The summed E-state index contributed by atoms with van der Waals surface area (Å²) in [6.07, 6.45) is 5.74. The number of aromatic nitrogens is 2. The Morgan fingerprint density at radius 2 is 2.17 bits per heavy atom. The van der Waals surface area contributed by atoms with E-state index in [0.29, 0.717) is 11.7 Å². The van der Waals surface area contributed by atoms with Crippen LogP contribution in [-0.4, -0.2) is 29.7 Å². The average molecular weight is 250 g/mol. The first-order chi connectivity index (χ1) is 8.81. The molecule has 100 valence electrons. The Morgan fingerprint density at radius 1 is 1.39 bits per heavy atom. The van der Waals surface area contributed by atoms with Crippen LogP contribution in [0.2, 0.25) is 0 Å². The van der Waals surface area contributed by atoms with Crippen molar-refractivity contribution in [3.05, 3.63) is 11.9 Å². The third kappa shape index (κ3) is 3.32. The Bertz CT molecular complexity index is 377. The zero-order chi connectivity index (χ0) is 12.8. The van der Waals surface area contributed by atoms with E-state index in [1.54, 1.807) is 0 Å². The summed E-state index contributed by atoms with van der Waals surface area (Å²) < 4.78 is 5.36. The fourth-order valence-corrected chi connectivity index (χ4v) is 2.27. The summed E-state index contributed by atoms with van der Waals surface area (Å²) in [6, 6.07) is 0. The quantitative estimate of drug-likeness (QED) is 0.834. The molecule has 2 rings (SSSR count). The average Bonchev–Trinajstić information content (AvgIpc) is 2.41. The van der Waals surface area contributed by atoms with Crippen molar-refractivity contribution >= 4 is 11.6 Å². The van der Waals surface area contributed by atoms with Gasteiger partial charge in [-0.25, -0.2) is 9.97 Å². The van der Waals surface area contributed by atoms with Gasteiger partial charge < -0.3 is 15.8 Å². The molecule has 5 heteroatoms. The molecular weight excluding hydrogens is 228 g/mol. The summed E-state index contributed by atoms with van der Waals surface area (Å²) in [6.45, 7) is 4.82. The number of anilines is 2. The van der Waals surface area contributed by atoms with Crippen molar-refractivity contribution < 1.29 is 4.74 Å². The second-order valence-electron chi connectivity index (χ2n) is 4.77. The van der Waals surface area contributed by atoms with E-state index in [0.717, 1.165) is 56.8 Å². The van der Waals surface area contributed by atoms with Crippen LogP contribution in [0.15, 0.2) is 6.33 Å². The van der Waals surface area contributed by atoms with Gasteiger partial charge in [-0.05, 0) is 25.2 Å². The predicted octanol–water partition coefficient (Wildman–Crippen LogP) is 1.85. The number of nitrogens with two attached hydrogens (primary N) is 1. The molecule has 0 aromatic carbocycles. The van der Waals surface area contributed by atoms with E-state index < -0.39 is 0 Å².